The van der Waals surface area contributed by atoms with Gasteiger partial charge in [-0.3, -0.25) is 9.97 Å². The van der Waals surface area contributed by atoms with Gasteiger partial charge < -0.3 is 13.9 Å². The zero-order valence-electron chi connectivity index (χ0n) is 46.8. The number of aromatic nitrogens is 4. The van der Waals surface area contributed by atoms with E-state index in [4.69, 9.17) is 22.9 Å². The van der Waals surface area contributed by atoms with Crippen molar-refractivity contribution in [3.05, 3.63) is 203 Å². The van der Waals surface area contributed by atoms with E-state index in [1.165, 1.54) is 12.1 Å². The number of para-hydroxylation sites is 4. The summed E-state index contributed by atoms with van der Waals surface area (Å²) in [4.78, 5) is 10.5. The molecule has 6 heteroatoms. The Bertz CT molecular complexity index is 3440. The van der Waals surface area contributed by atoms with E-state index < -0.39 is 13.7 Å². The van der Waals surface area contributed by atoms with Crippen molar-refractivity contribution >= 4 is 22.1 Å². The van der Waals surface area contributed by atoms with E-state index in [9.17, 15) is 0 Å². The number of ether oxygens (including phenoxy) is 1. The smallest absolute Gasteiger partial charge is 0.496 e. The molecule has 5 nitrogen and oxygen atoms in total. The van der Waals surface area contributed by atoms with Gasteiger partial charge in [0.15, 0.2) is 0 Å². The van der Waals surface area contributed by atoms with E-state index in [2.05, 4.69) is 149 Å². The van der Waals surface area contributed by atoms with Crippen LogP contribution in [0.25, 0.3) is 78.5 Å². The maximum Gasteiger partial charge on any atom is 2.00 e. The first-order valence-electron chi connectivity index (χ1n) is 27.0. The summed E-state index contributed by atoms with van der Waals surface area (Å²) in [6, 6.07) is 58.9. The maximum atomic E-state index is 8.76. The summed E-state index contributed by atoms with van der Waals surface area (Å²) in [5.74, 6) is 1.15. The number of imidazole rings is 2. The van der Waals surface area contributed by atoms with Crippen molar-refractivity contribution in [2.45, 2.75) is 92.8 Å². The zero-order chi connectivity index (χ0) is 53.1. The van der Waals surface area contributed by atoms with E-state index in [0.29, 0.717) is 22.8 Å². The van der Waals surface area contributed by atoms with Crippen molar-refractivity contribution in [3.8, 4) is 67.9 Å². The normalized spacial score (nSPS) is 13.3. The van der Waals surface area contributed by atoms with Gasteiger partial charge in [-0.25, -0.2) is 0 Å². The molecule has 0 N–H and O–H groups in total. The van der Waals surface area contributed by atoms with Crippen LogP contribution in [0.5, 0.6) is 11.5 Å². The minimum atomic E-state index is -2.68. The average molecular weight is 1100 g/mol. The van der Waals surface area contributed by atoms with E-state index in [0.717, 1.165) is 77.9 Å². The topological polar surface area (TPSA) is 44.9 Å². The fourth-order valence-electron chi connectivity index (χ4n) is 9.57. The van der Waals surface area contributed by atoms with Crippen molar-refractivity contribution in [1.29, 1.82) is 0 Å². The molecule has 0 bridgehead atoms. The molecule has 0 spiro atoms. The summed E-state index contributed by atoms with van der Waals surface area (Å²) in [5.41, 5.74) is 14.8. The van der Waals surface area contributed by atoms with Gasteiger partial charge in [-0.2, -0.15) is 0 Å². The first-order valence-corrected chi connectivity index (χ1v) is 24.0. The SMILES string of the molecule is [2H]C([2H])([2H])c1ccc(-c2nc3ccccc3n2-c2c(C(C)C)cc(-c3ccccc3)cc2C(C)C)[c-]c1Oc1[c-]c(-c2nc3ccccc3n2-c2c(C(C)C)cc(-c3ccccc3)cc2C(C)C)ccc1C([2H])([2H])[2H].[Pt+2]. The number of benzene rings is 8. The van der Waals surface area contributed by atoms with Gasteiger partial charge >= 0.3 is 21.1 Å². The summed E-state index contributed by atoms with van der Waals surface area (Å²) < 4.78 is 63.6. The summed E-state index contributed by atoms with van der Waals surface area (Å²) in [6.45, 7) is 12.2. The third-order valence-corrected chi connectivity index (χ3v) is 13.1. The average Bonchev–Trinajstić information content (AvgIpc) is 4.11. The Morgan fingerprint density at radius 3 is 1.11 bits per heavy atom. The van der Waals surface area contributed by atoms with Crippen LogP contribution in [0, 0.1) is 25.8 Å². The zero-order valence-corrected chi connectivity index (χ0v) is 43.1. The number of fused-ring (bicyclic) bond motifs is 2. The molecule has 0 saturated heterocycles. The Balaban J connectivity index is 0.00000706. The quantitative estimate of drug-likeness (QED) is 0.115. The molecule has 10 rings (SSSR count). The van der Waals surface area contributed by atoms with Gasteiger partial charge in [0.05, 0.1) is 33.7 Å². The van der Waals surface area contributed by atoms with Crippen molar-refractivity contribution in [3.63, 3.8) is 0 Å². The third kappa shape index (κ3) is 8.97. The molecule has 8 aromatic carbocycles. The van der Waals surface area contributed by atoms with Crippen LogP contribution >= 0.6 is 0 Å². The Labute approximate surface area is 437 Å². The predicted octanol–water partition coefficient (Wildman–Crippen LogP) is 17.5. The molecule has 70 heavy (non-hydrogen) atoms. The Morgan fingerprint density at radius 2 is 0.771 bits per heavy atom. The van der Waals surface area contributed by atoms with Crippen LogP contribution in [0.4, 0.5) is 0 Å². The summed E-state index contributed by atoms with van der Waals surface area (Å²) in [6.07, 6.45) is 0. The molecule has 2 aromatic heterocycles. The van der Waals surface area contributed by atoms with Crippen LogP contribution in [0.1, 0.15) is 121 Å². The van der Waals surface area contributed by atoms with Gasteiger partial charge in [0.1, 0.15) is 0 Å². The van der Waals surface area contributed by atoms with Crippen LogP contribution in [0.2, 0.25) is 0 Å². The fourth-order valence-corrected chi connectivity index (χ4v) is 9.57. The van der Waals surface area contributed by atoms with Crippen LogP contribution in [-0.2, 0) is 21.1 Å². The third-order valence-electron chi connectivity index (χ3n) is 13.1. The molecule has 2 heterocycles. The number of nitrogens with zero attached hydrogens (tertiary/aromatic N) is 4. The molecule has 0 atom stereocenters. The molecule has 0 amide bonds. The second kappa shape index (κ2) is 19.9. The summed E-state index contributed by atoms with van der Waals surface area (Å²) >= 11 is 0. The monoisotopic (exact) mass is 1100 g/mol. The molecule has 0 aliphatic carbocycles. The second-order valence-corrected chi connectivity index (χ2v) is 19.2. The van der Waals surface area contributed by atoms with Gasteiger partial charge in [0, 0.05) is 31.1 Å². The number of hydrogen-bond donors (Lipinski definition) is 0. The minimum absolute atomic E-state index is 0. The number of hydrogen-bond acceptors (Lipinski definition) is 3. The van der Waals surface area contributed by atoms with E-state index in [-0.39, 0.29) is 67.4 Å². The van der Waals surface area contributed by atoms with Crippen molar-refractivity contribution in [2.75, 3.05) is 0 Å². The van der Waals surface area contributed by atoms with Gasteiger partial charge in [-0.05, 0) is 117 Å². The van der Waals surface area contributed by atoms with E-state index in [1.54, 1.807) is 12.1 Å². The molecular weight excluding hydrogens is 1040 g/mol. The van der Waals surface area contributed by atoms with E-state index >= 15 is 0 Å². The fraction of sp³-hybridized carbons (Fsp3) is 0.219. The van der Waals surface area contributed by atoms with Crippen molar-refractivity contribution in [1.82, 2.24) is 19.1 Å². The summed E-state index contributed by atoms with van der Waals surface area (Å²) in [5, 5.41) is 0. The van der Waals surface area contributed by atoms with Crippen LogP contribution in [0.15, 0.2) is 158 Å². The molecule has 0 fully saturated rings. The Hall–Kier alpha value is -6.81. The standard InChI is InChI=1S/C64H60N4O.Pt/c1-39(2)51-33-49(45-21-13-11-14-22-45)34-52(40(3)4)61(51)67-57-27-19-17-25-55(57)65-63(67)47-31-29-43(9)59(37-47)69-60-38-48(32-30-44(60)10)64-66-56-26-18-20-28-58(56)68(64)62-53(41(5)6)35-50(36-54(62)42(7)8)46-23-15-12-16-24-46;/h11-36,39-42H,1-10H3;/q-2;+2/i9D3,10D3;. The van der Waals surface area contributed by atoms with Gasteiger partial charge in [0.2, 0.25) is 0 Å². The largest absolute Gasteiger partial charge is 2.00 e. The molecular formula is C64H60N4OPt. The second-order valence-electron chi connectivity index (χ2n) is 19.2. The van der Waals surface area contributed by atoms with Crippen LogP contribution < -0.4 is 4.74 Å². The van der Waals surface area contributed by atoms with Crippen molar-refractivity contribution < 1.29 is 34.0 Å². The molecule has 352 valence electrons. The maximum absolute atomic E-state index is 8.76. The van der Waals surface area contributed by atoms with Crippen LogP contribution in [-0.4, -0.2) is 19.1 Å². The minimum Gasteiger partial charge on any atom is -0.496 e. The molecule has 0 saturated carbocycles. The molecule has 0 unspecified atom stereocenters. The number of aryl methyl sites for hydroxylation is 2. The molecule has 0 aliphatic heterocycles. The van der Waals surface area contributed by atoms with Crippen LogP contribution in [0.3, 0.4) is 0 Å². The summed E-state index contributed by atoms with van der Waals surface area (Å²) in [7, 11) is 0. The van der Waals surface area contributed by atoms with Gasteiger partial charge in [-0.1, -0.05) is 177 Å². The van der Waals surface area contributed by atoms with Crippen molar-refractivity contribution in [2.24, 2.45) is 0 Å². The van der Waals surface area contributed by atoms with Gasteiger partial charge in [-0.15, -0.1) is 35.4 Å². The Morgan fingerprint density at radius 1 is 0.429 bits per heavy atom. The molecule has 0 aliphatic rings. The molecule has 0 radical (unpaired) electrons. The van der Waals surface area contributed by atoms with E-state index in [1.807, 2.05) is 60.7 Å². The predicted molar refractivity (Wildman–Crippen MR) is 287 cm³/mol. The first-order chi connectivity index (χ1) is 35.8. The van der Waals surface area contributed by atoms with Gasteiger partial charge in [0.25, 0.3) is 0 Å². The first kappa shape index (κ1) is 41.0. The Kier molecular flexibility index (Phi) is 11.7. The molecule has 10 aromatic rings. The number of rotatable bonds is 12.